The third-order valence-corrected chi connectivity index (χ3v) is 5.07. The van der Waals surface area contributed by atoms with E-state index in [1.165, 1.54) is 12.8 Å². The van der Waals surface area contributed by atoms with Gasteiger partial charge in [0.1, 0.15) is 0 Å². The van der Waals surface area contributed by atoms with E-state index in [9.17, 15) is 9.90 Å². The van der Waals surface area contributed by atoms with Gasteiger partial charge in [0.15, 0.2) is 0 Å². The third-order valence-electron chi connectivity index (χ3n) is 4.04. The summed E-state index contributed by atoms with van der Waals surface area (Å²) in [6.07, 6.45) is 4.26. The summed E-state index contributed by atoms with van der Waals surface area (Å²) in [5.74, 6) is 2.91. The van der Waals surface area contributed by atoms with E-state index in [2.05, 4.69) is 6.92 Å². The van der Waals surface area contributed by atoms with Crippen molar-refractivity contribution in [2.45, 2.75) is 38.7 Å². The molecule has 1 heterocycles. The maximum absolute atomic E-state index is 12.0. The number of fused-ring (bicyclic) bond motifs is 1. The van der Waals surface area contributed by atoms with Gasteiger partial charge in [0, 0.05) is 19.0 Å². The number of unbranched alkanes of at least 4 members (excludes halogenated alkanes) is 1. The van der Waals surface area contributed by atoms with Crippen molar-refractivity contribution in [3.05, 3.63) is 0 Å². The molecule has 4 heteroatoms. The lowest BCUT2D eigenvalue weighted by Gasteiger charge is -2.18. The molecule has 2 fully saturated rings. The van der Waals surface area contributed by atoms with Gasteiger partial charge in [-0.05, 0) is 30.9 Å². The number of hydrogen-bond acceptors (Lipinski definition) is 3. The Morgan fingerprint density at radius 1 is 1.41 bits per heavy atom. The molecule has 0 aromatic heterocycles. The Balaban J connectivity index is 1.71. The molecule has 1 saturated heterocycles. The minimum atomic E-state index is -0.162. The predicted molar refractivity (Wildman–Crippen MR) is 71.0 cm³/mol. The average Bonchev–Trinajstić information content (AvgIpc) is 2.87. The van der Waals surface area contributed by atoms with Crippen molar-refractivity contribution in [2.24, 2.45) is 11.8 Å². The largest absolute Gasteiger partial charge is 0.393 e. The third kappa shape index (κ3) is 3.16. The standard InChI is InChI=1S/C13H23NO2S/c1-2-3-6-17-9-13(16)14-7-10-4-5-12(15)11(10)8-14/h10-12,15H,2-9H2,1H3. The average molecular weight is 257 g/mol. The van der Waals surface area contributed by atoms with Crippen molar-refractivity contribution in [1.82, 2.24) is 4.90 Å². The van der Waals surface area contributed by atoms with Crippen LogP contribution in [0.5, 0.6) is 0 Å². The molecule has 2 aliphatic rings. The zero-order valence-electron chi connectivity index (χ0n) is 10.6. The van der Waals surface area contributed by atoms with Crippen LogP contribution in [0.2, 0.25) is 0 Å². The van der Waals surface area contributed by atoms with Gasteiger partial charge >= 0.3 is 0 Å². The molecule has 1 amide bonds. The fourth-order valence-electron chi connectivity index (χ4n) is 2.94. The zero-order chi connectivity index (χ0) is 12.3. The fourth-order valence-corrected chi connectivity index (χ4v) is 3.93. The smallest absolute Gasteiger partial charge is 0.232 e. The van der Waals surface area contributed by atoms with Crippen LogP contribution in [0.25, 0.3) is 0 Å². The number of carbonyl (C=O) groups is 1. The van der Waals surface area contributed by atoms with E-state index in [1.54, 1.807) is 11.8 Å². The highest BCUT2D eigenvalue weighted by molar-refractivity contribution is 7.99. The zero-order valence-corrected chi connectivity index (χ0v) is 11.4. The summed E-state index contributed by atoms with van der Waals surface area (Å²) >= 11 is 1.75. The topological polar surface area (TPSA) is 40.5 Å². The molecule has 1 aliphatic heterocycles. The normalized spacial score (nSPS) is 31.9. The Morgan fingerprint density at radius 2 is 2.24 bits per heavy atom. The lowest BCUT2D eigenvalue weighted by molar-refractivity contribution is -0.127. The van der Waals surface area contributed by atoms with Gasteiger partial charge in [-0.25, -0.2) is 0 Å². The van der Waals surface area contributed by atoms with Crippen LogP contribution in [0.4, 0.5) is 0 Å². The summed E-state index contributed by atoms with van der Waals surface area (Å²) in [7, 11) is 0. The Kier molecular flexibility index (Phi) is 4.74. The van der Waals surface area contributed by atoms with Crippen molar-refractivity contribution < 1.29 is 9.90 Å². The Bertz CT molecular complexity index is 272. The molecule has 2 rings (SSSR count). The van der Waals surface area contributed by atoms with Crippen LogP contribution in [-0.2, 0) is 4.79 Å². The van der Waals surface area contributed by atoms with Crippen LogP contribution < -0.4 is 0 Å². The molecule has 1 N–H and O–H groups in total. The van der Waals surface area contributed by atoms with E-state index in [0.29, 0.717) is 17.6 Å². The number of aliphatic hydroxyl groups excluding tert-OH is 1. The van der Waals surface area contributed by atoms with Crippen LogP contribution in [0.15, 0.2) is 0 Å². The van der Waals surface area contributed by atoms with Gasteiger partial charge in [-0.15, -0.1) is 0 Å². The van der Waals surface area contributed by atoms with E-state index in [1.807, 2.05) is 4.90 Å². The highest BCUT2D eigenvalue weighted by atomic mass is 32.2. The molecule has 0 bridgehead atoms. The molecule has 3 nitrogen and oxygen atoms in total. The van der Waals surface area contributed by atoms with Gasteiger partial charge in [-0.1, -0.05) is 13.3 Å². The number of nitrogens with zero attached hydrogens (tertiary/aromatic N) is 1. The van der Waals surface area contributed by atoms with Crippen molar-refractivity contribution in [3.8, 4) is 0 Å². The number of rotatable bonds is 5. The minimum Gasteiger partial charge on any atom is -0.393 e. The molecule has 1 aliphatic carbocycles. The quantitative estimate of drug-likeness (QED) is 0.763. The Hall–Kier alpha value is -0.220. The lowest BCUT2D eigenvalue weighted by Crippen LogP contribution is -2.32. The number of amides is 1. The number of hydrogen-bond donors (Lipinski definition) is 1. The highest BCUT2D eigenvalue weighted by Gasteiger charge is 2.42. The second kappa shape index (κ2) is 6.10. The van der Waals surface area contributed by atoms with Crippen LogP contribution in [0.1, 0.15) is 32.6 Å². The number of thioether (sulfide) groups is 1. The molecule has 17 heavy (non-hydrogen) atoms. The molecule has 1 saturated carbocycles. The molecular weight excluding hydrogens is 234 g/mol. The fraction of sp³-hybridized carbons (Fsp3) is 0.923. The van der Waals surface area contributed by atoms with E-state index >= 15 is 0 Å². The first-order valence-corrected chi connectivity index (χ1v) is 7.91. The highest BCUT2D eigenvalue weighted by Crippen LogP contribution is 2.38. The molecule has 3 unspecified atom stereocenters. The van der Waals surface area contributed by atoms with Gasteiger partial charge in [0.25, 0.3) is 0 Å². The Morgan fingerprint density at radius 3 is 2.94 bits per heavy atom. The maximum Gasteiger partial charge on any atom is 0.232 e. The van der Waals surface area contributed by atoms with E-state index in [4.69, 9.17) is 0 Å². The van der Waals surface area contributed by atoms with Crippen molar-refractivity contribution in [3.63, 3.8) is 0 Å². The maximum atomic E-state index is 12.0. The molecular formula is C13H23NO2S. The van der Waals surface area contributed by atoms with Gasteiger partial charge in [0.2, 0.25) is 5.91 Å². The van der Waals surface area contributed by atoms with Gasteiger partial charge in [0.05, 0.1) is 11.9 Å². The molecule has 98 valence electrons. The molecule has 0 radical (unpaired) electrons. The number of likely N-dealkylation sites (tertiary alicyclic amines) is 1. The monoisotopic (exact) mass is 257 g/mol. The van der Waals surface area contributed by atoms with Crippen molar-refractivity contribution in [2.75, 3.05) is 24.6 Å². The van der Waals surface area contributed by atoms with Gasteiger partial charge in [-0.3, -0.25) is 4.79 Å². The number of carbonyl (C=O) groups excluding carboxylic acids is 1. The van der Waals surface area contributed by atoms with Gasteiger partial charge in [-0.2, -0.15) is 11.8 Å². The molecule has 0 spiro atoms. The summed E-state index contributed by atoms with van der Waals surface area (Å²) in [4.78, 5) is 13.9. The summed E-state index contributed by atoms with van der Waals surface area (Å²) in [6.45, 7) is 3.85. The van der Waals surface area contributed by atoms with Crippen LogP contribution in [0, 0.1) is 11.8 Å². The lowest BCUT2D eigenvalue weighted by atomic mass is 10.00. The summed E-state index contributed by atoms with van der Waals surface area (Å²) in [5, 5.41) is 9.80. The predicted octanol–water partition coefficient (Wildman–Crippen LogP) is 1.75. The van der Waals surface area contributed by atoms with Crippen LogP contribution in [-0.4, -0.2) is 46.6 Å². The number of aliphatic hydroxyl groups is 1. The molecule has 3 atom stereocenters. The van der Waals surface area contributed by atoms with Crippen molar-refractivity contribution >= 4 is 17.7 Å². The van der Waals surface area contributed by atoms with E-state index in [0.717, 1.165) is 31.7 Å². The Labute approximate surface area is 108 Å². The first-order valence-electron chi connectivity index (χ1n) is 6.76. The molecule has 0 aromatic carbocycles. The van der Waals surface area contributed by atoms with E-state index < -0.39 is 0 Å². The van der Waals surface area contributed by atoms with Crippen molar-refractivity contribution in [1.29, 1.82) is 0 Å². The first kappa shape index (κ1) is 13.2. The van der Waals surface area contributed by atoms with Crippen LogP contribution >= 0.6 is 11.8 Å². The second-order valence-corrected chi connectivity index (χ2v) is 6.38. The summed E-state index contributed by atoms with van der Waals surface area (Å²) < 4.78 is 0. The molecule has 0 aromatic rings. The van der Waals surface area contributed by atoms with Gasteiger partial charge < -0.3 is 10.0 Å². The SMILES string of the molecule is CCCCSCC(=O)N1CC2CCC(O)C2C1. The first-order chi connectivity index (χ1) is 8.22. The second-order valence-electron chi connectivity index (χ2n) is 5.27. The van der Waals surface area contributed by atoms with Crippen LogP contribution in [0.3, 0.4) is 0 Å². The minimum absolute atomic E-state index is 0.162. The summed E-state index contributed by atoms with van der Waals surface area (Å²) in [6, 6.07) is 0. The summed E-state index contributed by atoms with van der Waals surface area (Å²) in [5.41, 5.74) is 0. The van der Waals surface area contributed by atoms with E-state index in [-0.39, 0.29) is 12.0 Å².